The molecule has 28 heavy (non-hydrogen) atoms. The number of carbonyl (C=O) groups excluding carboxylic acids is 1. The lowest BCUT2D eigenvalue weighted by Gasteiger charge is -2.13. The fraction of sp³-hybridized carbons (Fsp3) is 0.150. The number of ether oxygens (including phenoxy) is 3. The van der Waals surface area contributed by atoms with Gasteiger partial charge in [0.05, 0.1) is 42.7 Å². The van der Waals surface area contributed by atoms with E-state index in [1.807, 2.05) is 11.4 Å². The van der Waals surface area contributed by atoms with E-state index in [0.717, 1.165) is 5.69 Å². The van der Waals surface area contributed by atoms with Crippen LogP contribution >= 0.6 is 11.3 Å². The molecule has 1 heterocycles. The Labute approximate surface area is 166 Å². The van der Waals surface area contributed by atoms with Gasteiger partial charge in [-0.1, -0.05) is 0 Å². The van der Waals surface area contributed by atoms with Crippen LogP contribution in [0.1, 0.15) is 21.6 Å². The Bertz CT molecular complexity index is 1010. The van der Waals surface area contributed by atoms with Crippen molar-refractivity contribution < 1.29 is 19.0 Å². The van der Waals surface area contributed by atoms with Gasteiger partial charge in [0.2, 0.25) is 0 Å². The lowest BCUT2D eigenvalue weighted by molar-refractivity contribution is 0.102. The molecule has 0 fully saturated rings. The van der Waals surface area contributed by atoms with E-state index in [2.05, 4.69) is 10.3 Å². The van der Waals surface area contributed by atoms with Crippen LogP contribution < -0.4 is 19.5 Å². The average molecular weight is 395 g/mol. The van der Waals surface area contributed by atoms with Crippen LogP contribution in [0.15, 0.2) is 47.3 Å². The van der Waals surface area contributed by atoms with Gasteiger partial charge in [0.25, 0.3) is 5.91 Å². The van der Waals surface area contributed by atoms with E-state index in [9.17, 15) is 4.79 Å². The highest BCUT2D eigenvalue weighted by atomic mass is 32.1. The van der Waals surface area contributed by atoms with Crippen LogP contribution in [0, 0.1) is 11.3 Å². The highest BCUT2D eigenvalue weighted by Gasteiger charge is 2.14. The Morgan fingerprint density at radius 3 is 2.61 bits per heavy atom. The maximum atomic E-state index is 12.7. The molecule has 7 nitrogen and oxygen atoms in total. The minimum absolute atomic E-state index is 0.309. The van der Waals surface area contributed by atoms with Gasteiger partial charge in [-0.2, -0.15) is 5.26 Å². The molecular formula is C20H17N3O4S. The van der Waals surface area contributed by atoms with Crippen LogP contribution in [0.25, 0.3) is 0 Å². The van der Waals surface area contributed by atoms with Crippen molar-refractivity contribution in [1.82, 2.24) is 4.98 Å². The van der Waals surface area contributed by atoms with E-state index in [4.69, 9.17) is 19.5 Å². The van der Waals surface area contributed by atoms with E-state index in [-0.39, 0.29) is 5.91 Å². The zero-order valence-electron chi connectivity index (χ0n) is 15.3. The summed E-state index contributed by atoms with van der Waals surface area (Å²) in [6.07, 6.45) is 0. The Morgan fingerprint density at radius 2 is 1.93 bits per heavy atom. The summed E-state index contributed by atoms with van der Waals surface area (Å²) in [5.74, 6) is 1.04. The minimum atomic E-state index is -0.363. The van der Waals surface area contributed by atoms with Gasteiger partial charge in [-0.25, -0.2) is 4.98 Å². The van der Waals surface area contributed by atoms with Crippen LogP contribution in [0.2, 0.25) is 0 Å². The minimum Gasteiger partial charge on any atom is -0.495 e. The van der Waals surface area contributed by atoms with E-state index < -0.39 is 0 Å². The summed E-state index contributed by atoms with van der Waals surface area (Å²) in [7, 11) is 3.00. The first-order valence-corrected chi connectivity index (χ1v) is 9.16. The molecule has 0 aliphatic rings. The molecule has 0 bridgehead atoms. The molecular weight excluding hydrogens is 378 g/mol. The molecule has 142 valence electrons. The number of nitrogens with zero attached hydrogens (tertiary/aromatic N) is 2. The fourth-order valence-electron chi connectivity index (χ4n) is 2.46. The molecule has 3 aromatic rings. The second kappa shape index (κ2) is 8.88. The first kappa shape index (κ1) is 19.2. The molecule has 0 saturated carbocycles. The summed E-state index contributed by atoms with van der Waals surface area (Å²) in [5.41, 5.74) is 3.76. The normalized spacial score (nSPS) is 10.0. The summed E-state index contributed by atoms with van der Waals surface area (Å²) in [6.45, 7) is 0.309. The number of aromatic nitrogens is 1. The van der Waals surface area contributed by atoms with Crippen LogP contribution in [0.3, 0.4) is 0 Å². The van der Waals surface area contributed by atoms with Crippen molar-refractivity contribution in [2.45, 2.75) is 6.61 Å². The summed E-state index contributed by atoms with van der Waals surface area (Å²) in [5, 5.41) is 13.7. The first-order chi connectivity index (χ1) is 13.6. The highest BCUT2D eigenvalue weighted by molar-refractivity contribution is 7.07. The summed E-state index contributed by atoms with van der Waals surface area (Å²) in [6, 6.07) is 11.7. The number of nitrogens with one attached hydrogen (secondary N) is 1. The monoisotopic (exact) mass is 395 g/mol. The number of nitriles is 1. The Kier molecular flexibility index (Phi) is 6.09. The molecule has 2 aromatic carbocycles. The van der Waals surface area contributed by atoms with E-state index >= 15 is 0 Å². The molecule has 0 radical (unpaired) electrons. The van der Waals surface area contributed by atoms with Crippen molar-refractivity contribution in [3.63, 3.8) is 0 Å². The molecule has 0 aliphatic carbocycles. The third kappa shape index (κ3) is 4.39. The van der Waals surface area contributed by atoms with Gasteiger partial charge in [-0.15, -0.1) is 11.3 Å². The van der Waals surface area contributed by atoms with Crippen LogP contribution in [-0.4, -0.2) is 25.1 Å². The predicted molar refractivity (Wildman–Crippen MR) is 105 cm³/mol. The summed E-state index contributed by atoms with van der Waals surface area (Å²) in [4.78, 5) is 16.8. The number of thiazole rings is 1. The lowest BCUT2D eigenvalue weighted by Crippen LogP contribution is -2.13. The van der Waals surface area contributed by atoms with Crippen LogP contribution in [0.5, 0.6) is 17.2 Å². The number of anilines is 1. The van der Waals surface area contributed by atoms with E-state index in [1.165, 1.54) is 25.6 Å². The van der Waals surface area contributed by atoms with Gasteiger partial charge in [0.1, 0.15) is 12.4 Å². The SMILES string of the molecule is COc1ccc(C#N)cc1NC(=O)c1ccc(OCc2cscn2)c(OC)c1. The lowest BCUT2D eigenvalue weighted by atomic mass is 10.1. The fourth-order valence-corrected chi connectivity index (χ4v) is 3.00. The van der Waals surface area contributed by atoms with Gasteiger partial charge in [-0.05, 0) is 36.4 Å². The molecule has 0 spiro atoms. The number of hydrogen-bond donors (Lipinski definition) is 1. The molecule has 0 unspecified atom stereocenters. The molecule has 1 amide bonds. The quantitative estimate of drug-likeness (QED) is 0.653. The summed E-state index contributed by atoms with van der Waals surface area (Å²) >= 11 is 1.49. The summed E-state index contributed by atoms with van der Waals surface area (Å²) < 4.78 is 16.3. The van der Waals surface area contributed by atoms with Gasteiger partial charge >= 0.3 is 0 Å². The van der Waals surface area contributed by atoms with Crippen molar-refractivity contribution in [1.29, 1.82) is 5.26 Å². The molecule has 8 heteroatoms. The molecule has 0 aliphatic heterocycles. The van der Waals surface area contributed by atoms with Gasteiger partial charge in [0, 0.05) is 10.9 Å². The van der Waals surface area contributed by atoms with Crippen molar-refractivity contribution in [3.05, 3.63) is 64.1 Å². The Hall–Kier alpha value is -3.57. The third-order valence-electron chi connectivity index (χ3n) is 3.86. The maximum Gasteiger partial charge on any atom is 0.255 e. The van der Waals surface area contributed by atoms with E-state index in [0.29, 0.717) is 40.7 Å². The number of benzene rings is 2. The van der Waals surface area contributed by atoms with Gasteiger partial charge in [0.15, 0.2) is 11.5 Å². The van der Waals surface area contributed by atoms with Crippen molar-refractivity contribution in [3.8, 4) is 23.3 Å². The number of rotatable bonds is 7. The topological polar surface area (TPSA) is 93.5 Å². The molecule has 0 atom stereocenters. The van der Waals surface area contributed by atoms with Gasteiger partial charge in [-0.3, -0.25) is 4.79 Å². The molecule has 1 aromatic heterocycles. The molecule has 3 rings (SSSR count). The third-order valence-corrected chi connectivity index (χ3v) is 4.50. The van der Waals surface area contributed by atoms with Crippen LogP contribution in [-0.2, 0) is 6.61 Å². The molecule has 1 N–H and O–H groups in total. The van der Waals surface area contributed by atoms with Crippen molar-refractivity contribution >= 4 is 22.9 Å². The average Bonchev–Trinajstić information content (AvgIpc) is 3.25. The van der Waals surface area contributed by atoms with Crippen molar-refractivity contribution in [2.24, 2.45) is 0 Å². The largest absolute Gasteiger partial charge is 0.495 e. The van der Waals surface area contributed by atoms with Crippen LogP contribution in [0.4, 0.5) is 5.69 Å². The Balaban J connectivity index is 1.78. The Morgan fingerprint density at radius 1 is 1.14 bits per heavy atom. The molecule has 0 saturated heterocycles. The number of methoxy groups -OCH3 is 2. The number of amides is 1. The zero-order valence-corrected chi connectivity index (χ0v) is 16.1. The number of hydrogen-bond acceptors (Lipinski definition) is 7. The second-order valence-electron chi connectivity index (χ2n) is 5.62. The standard InChI is InChI=1S/C20H17N3O4S/c1-25-17-5-3-13(9-21)7-16(17)23-20(24)14-4-6-18(19(8-14)26-2)27-10-15-11-28-12-22-15/h3-8,11-12H,10H2,1-2H3,(H,23,24). The predicted octanol–water partition coefficient (Wildman–Crippen LogP) is 3.86. The first-order valence-electron chi connectivity index (χ1n) is 8.22. The maximum absolute atomic E-state index is 12.7. The zero-order chi connectivity index (χ0) is 19.9. The second-order valence-corrected chi connectivity index (χ2v) is 6.33. The van der Waals surface area contributed by atoms with Gasteiger partial charge < -0.3 is 19.5 Å². The highest BCUT2D eigenvalue weighted by Crippen LogP contribution is 2.30. The van der Waals surface area contributed by atoms with Crippen molar-refractivity contribution in [2.75, 3.05) is 19.5 Å². The smallest absolute Gasteiger partial charge is 0.255 e. The van der Waals surface area contributed by atoms with E-state index in [1.54, 1.807) is 41.9 Å². The number of carbonyl (C=O) groups is 1.